The second-order valence-corrected chi connectivity index (χ2v) is 6.76. The third-order valence-corrected chi connectivity index (χ3v) is 4.46. The van der Waals surface area contributed by atoms with Gasteiger partial charge in [-0.1, -0.05) is 42.6 Å². The minimum Gasteiger partial charge on any atom is -0.370 e. The Kier molecular flexibility index (Phi) is 4.37. The normalized spacial score (nSPS) is 17.7. The van der Waals surface area contributed by atoms with Gasteiger partial charge in [0.15, 0.2) is 0 Å². The van der Waals surface area contributed by atoms with Crippen LogP contribution in [0.25, 0.3) is 0 Å². The monoisotopic (exact) mass is 309 g/mol. The number of anilines is 1. The highest BCUT2D eigenvalue weighted by Gasteiger charge is 2.41. The van der Waals surface area contributed by atoms with Crippen LogP contribution in [0.1, 0.15) is 45.1 Å². The fraction of sp³-hybridized carbons (Fsp3) is 0.625. The first-order valence-electron chi connectivity index (χ1n) is 7.11. The molecule has 1 aliphatic rings. The van der Waals surface area contributed by atoms with Gasteiger partial charge >= 0.3 is 0 Å². The molecule has 0 spiro atoms. The maximum absolute atomic E-state index is 3.60. The van der Waals surface area contributed by atoms with Crippen LogP contribution in [-0.4, -0.2) is 13.1 Å². The van der Waals surface area contributed by atoms with E-state index in [1.807, 2.05) is 0 Å². The van der Waals surface area contributed by atoms with Gasteiger partial charge in [0.2, 0.25) is 0 Å². The van der Waals surface area contributed by atoms with Crippen molar-refractivity contribution in [1.29, 1.82) is 0 Å². The van der Waals surface area contributed by atoms with E-state index in [4.69, 9.17) is 0 Å². The van der Waals surface area contributed by atoms with Crippen LogP contribution in [0.15, 0.2) is 22.7 Å². The van der Waals surface area contributed by atoms with Crippen LogP contribution in [0.5, 0.6) is 0 Å². The lowest BCUT2D eigenvalue weighted by Gasteiger charge is -2.52. The maximum atomic E-state index is 3.60. The molecule has 2 heteroatoms. The second-order valence-electron chi connectivity index (χ2n) is 5.84. The SMILES string of the molecule is CCCC1(CCC)CN(c2cc(C)cc(Br)c2)C1. The summed E-state index contributed by atoms with van der Waals surface area (Å²) in [6.45, 7) is 9.27. The molecule has 1 nitrogen and oxygen atoms in total. The van der Waals surface area contributed by atoms with Crippen molar-refractivity contribution in [1.82, 2.24) is 0 Å². The van der Waals surface area contributed by atoms with Crippen molar-refractivity contribution < 1.29 is 0 Å². The van der Waals surface area contributed by atoms with E-state index >= 15 is 0 Å². The Balaban J connectivity index is 2.06. The summed E-state index contributed by atoms with van der Waals surface area (Å²) < 4.78 is 1.20. The van der Waals surface area contributed by atoms with Crippen molar-refractivity contribution >= 4 is 21.6 Å². The van der Waals surface area contributed by atoms with Gasteiger partial charge in [-0.15, -0.1) is 0 Å². The molecule has 1 aromatic rings. The molecule has 0 aromatic heterocycles. The molecule has 18 heavy (non-hydrogen) atoms. The van der Waals surface area contributed by atoms with Gasteiger partial charge in [0.1, 0.15) is 0 Å². The number of hydrogen-bond acceptors (Lipinski definition) is 1. The van der Waals surface area contributed by atoms with E-state index in [0.717, 1.165) is 0 Å². The Morgan fingerprint density at radius 3 is 2.22 bits per heavy atom. The summed E-state index contributed by atoms with van der Waals surface area (Å²) >= 11 is 3.60. The van der Waals surface area contributed by atoms with E-state index < -0.39 is 0 Å². The Bertz CT molecular complexity index is 379. The van der Waals surface area contributed by atoms with E-state index in [-0.39, 0.29) is 0 Å². The third-order valence-electron chi connectivity index (χ3n) is 4.01. The van der Waals surface area contributed by atoms with Gasteiger partial charge in [-0.05, 0) is 43.5 Å². The molecule has 0 bridgehead atoms. The van der Waals surface area contributed by atoms with Crippen molar-refractivity contribution in [2.45, 2.75) is 46.5 Å². The molecule has 1 saturated heterocycles. The lowest BCUT2D eigenvalue weighted by atomic mass is 9.72. The van der Waals surface area contributed by atoms with E-state index in [9.17, 15) is 0 Å². The molecular formula is C16H24BrN. The molecule has 1 heterocycles. The van der Waals surface area contributed by atoms with Crippen LogP contribution in [0.4, 0.5) is 5.69 Å². The molecule has 1 aliphatic heterocycles. The summed E-state index contributed by atoms with van der Waals surface area (Å²) in [5.41, 5.74) is 3.31. The van der Waals surface area contributed by atoms with E-state index in [1.165, 1.54) is 54.5 Å². The standard InChI is InChI=1S/C16H24BrN/c1-4-6-16(7-5-2)11-18(12-16)15-9-13(3)8-14(17)10-15/h8-10H,4-7,11-12H2,1-3H3. The second kappa shape index (κ2) is 5.64. The quantitative estimate of drug-likeness (QED) is 0.725. The number of benzene rings is 1. The fourth-order valence-corrected chi connectivity index (χ4v) is 3.94. The highest BCUT2D eigenvalue weighted by atomic mass is 79.9. The van der Waals surface area contributed by atoms with Crippen LogP contribution in [0.3, 0.4) is 0 Å². The Hall–Kier alpha value is -0.500. The van der Waals surface area contributed by atoms with Crippen molar-refractivity contribution in [3.05, 3.63) is 28.2 Å². The maximum Gasteiger partial charge on any atom is 0.0380 e. The number of nitrogens with zero attached hydrogens (tertiary/aromatic N) is 1. The highest BCUT2D eigenvalue weighted by molar-refractivity contribution is 9.10. The van der Waals surface area contributed by atoms with Crippen LogP contribution >= 0.6 is 15.9 Å². The average molecular weight is 310 g/mol. The molecule has 1 fully saturated rings. The van der Waals surface area contributed by atoms with Crippen LogP contribution < -0.4 is 4.90 Å². The average Bonchev–Trinajstić information content (AvgIpc) is 2.24. The molecule has 0 amide bonds. The van der Waals surface area contributed by atoms with Gasteiger partial charge in [0.05, 0.1) is 0 Å². The van der Waals surface area contributed by atoms with Gasteiger partial charge in [-0.3, -0.25) is 0 Å². The van der Waals surface area contributed by atoms with Crippen molar-refractivity contribution in [3.63, 3.8) is 0 Å². The Morgan fingerprint density at radius 2 is 1.72 bits per heavy atom. The summed E-state index contributed by atoms with van der Waals surface area (Å²) in [5, 5.41) is 0. The molecule has 0 radical (unpaired) electrons. The molecular weight excluding hydrogens is 286 g/mol. The Labute approximate surface area is 120 Å². The summed E-state index contributed by atoms with van der Waals surface area (Å²) in [4.78, 5) is 2.53. The number of rotatable bonds is 5. The van der Waals surface area contributed by atoms with Crippen LogP contribution in [0, 0.1) is 12.3 Å². The van der Waals surface area contributed by atoms with E-state index in [2.05, 4.69) is 59.8 Å². The van der Waals surface area contributed by atoms with Gasteiger partial charge < -0.3 is 4.90 Å². The molecule has 0 N–H and O–H groups in total. The van der Waals surface area contributed by atoms with Gasteiger partial charge in [0, 0.05) is 28.7 Å². The fourth-order valence-electron chi connectivity index (χ4n) is 3.35. The lowest BCUT2D eigenvalue weighted by molar-refractivity contribution is 0.173. The summed E-state index contributed by atoms with van der Waals surface area (Å²) in [5.74, 6) is 0. The largest absolute Gasteiger partial charge is 0.370 e. The molecule has 0 unspecified atom stereocenters. The lowest BCUT2D eigenvalue weighted by Crippen LogP contribution is -2.56. The summed E-state index contributed by atoms with van der Waals surface area (Å²) in [6.07, 6.45) is 5.38. The zero-order chi connectivity index (χ0) is 13.2. The number of aryl methyl sites for hydroxylation is 1. The molecule has 1 aromatic carbocycles. The van der Waals surface area contributed by atoms with Gasteiger partial charge in [-0.25, -0.2) is 0 Å². The highest BCUT2D eigenvalue weighted by Crippen LogP contribution is 2.42. The minimum absolute atomic E-state index is 0.597. The zero-order valence-electron chi connectivity index (χ0n) is 11.8. The van der Waals surface area contributed by atoms with Gasteiger partial charge in [-0.2, -0.15) is 0 Å². The predicted molar refractivity (Wildman–Crippen MR) is 83.3 cm³/mol. The first-order valence-corrected chi connectivity index (χ1v) is 7.90. The van der Waals surface area contributed by atoms with E-state index in [0.29, 0.717) is 5.41 Å². The first-order chi connectivity index (χ1) is 8.58. The van der Waals surface area contributed by atoms with Crippen LogP contribution in [0.2, 0.25) is 0 Å². The van der Waals surface area contributed by atoms with Crippen molar-refractivity contribution in [2.24, 2.45) is 5.41 Å². The Morgan fingerprint density at radius 1 is 1.11 bits per heavy atom. The van der Waals surface area contributed by atoms with Crippen molar-refractivity contribution in [3.8, 4) is 0 Å². The first kappa shape index (κ1) is 13.9. The molecule has 0 aliphatic carbocycles. The van der Waals surface area contributed by atoms with Crippen LogP contribution in [-0.2, 0) is 0 Å². The summed E-state index contributed by atoms with van der Waals surface area (Å²) in [6, 6.07) is 6.72. The molecule has 0 atom stereocenters. The number of hydrogen-bond donors (Lipinski definition) is 0. The third kappa shape index (κ3) is 2.90. The zero-order valence-corrected chi connectivity index (χ0v) is 13.4. The van der Waals surface area contributed by atoms with Gasteiger partial charge in [0.25, 0.3) is 0 Å². The molecule has 100 valence electrons. The minimum atomic E-state index is 0.597. The summed E-state index contributed by atoms with van der Waals surface area (Å²) in [7, 11) is 0. The van der Waals surface area contributed by atoms with E-state index in [1.54, 1.807) is 0 Å². The number of halogens is 1. The van der Waals surface area contributed by atoms with Crippen molar-refractivity contribution in [2.75, 3.05) is 18.0 Å². The smallest absolute Gasteiger partial charge is 0.0380 e. The predicted octanol–water partition coefficient (Wildman–Crippen LogP) is 5.16. The molecule has 2 rings (SSSR count). The topological polar surface area (TPSA) is 3.24 Å². The molecule has 0 saturated carbocycles.